The number of hydrogen-bond acceptors (Lipinski definition) is 3. The van der Waals surface area contributed by atoms with Crippen LogP contribution >= 0.6 is 0 Å². The number of nitrogens with one attached hydrogen (secondary N) is 2. The van der Waals surface area contributed by atoms with Crippen molar-refractivity contribution in [3.8, 4) is 0 Å². The summed E-state index contributed by atoms with van der Waals surface area (Å²) in [6.45, 7) is 3.79. The molecule has 0 unspecified atom stereocenters. The summed E-state index contributed by atoms with van der Waals surface area (Å²) in [7, 11) is -3.17. The van der Waals surface area contributed by atoms with Gasteiger partial charge in [0.15, 0.2) is 0 Å². The minimum atomic E-state index is -3.17. The van der Waals surface area contributed by atoms with Crippen LogP contribution in [0.5, 0.6) is 0 Å². The maximum absolute atomic E-state index is 11.8. The summed E-state index contributed by atoms with van der Waals surface area (Å²) in [6, 6.07) is 7.52. The normalized spacial score (nSPS) is 15.6. The second-order valence-electron chi connectivity index (χ2n) is 4.80. The quantitative estimate of drug-likeness (QED) is 0.794. The molecule has 0 heterocycles. The Morgan fingerprint density at radius 2 is 1.89 bits per heavy atom. The second kappa shape index (κ2) is 5.71. The third-order valence-electron chi connectivity index (χ3n) is 2.96. The van der Waals surface area contributed by atoms with Crippen LogP contribution in [0.1, 0.15) is 25.3 Å². The van der Waals surface area contributed by atoms with Gasteiger partial charge in [-0.1, -0.05) is 19.1 Å². The van der Waals surface area contributed by atoms with Gasteiger partial charge >= 0.3 is 0 Å². The molecule has 0 aromatic heterocycles. The van der Waals surface area contributed by atoms with E-state index in [0.29, 0.717) is 11.6 Å². The standard InChI is InChI=1S/C13H20N2O2S/c1-2-14-9-11-5-7-13(8-6-11)15-18(16,17)10-12-3-4-12/h5-8,12,14-15H,2-4,9-10H2,1H3. The molecule has 0 radical (unpaired) electrons. The second-order valence-corrected chi connectivity index (χ2v) is 6.57. The zero-order chi connectivity index (χ0) is 13.0. The van der Waals surface area contributed by atoms with Gasteiger partial charge in [-0.15, -0.1) is 0 Å². The average Bonchev–Trinajstić information content (AvgIpc) is 3.11. The van der Waals surface area contributed by atoms with Crippen molar-refractivity contribution in [1.82, 2.24) is 5.32 Å². The van der Waals surface area contributed by atoms with E-state index in [1.54, 1.807) is 0 Å². The Balaban J connectivity index is 1.92. The van der Waals surface area contributed by atoms with Gasteiger partial charge in [0, 0.05) is 12.2 Å². The van der Waals surface area contributed by atoms with Crippen LogP contribution in [0.25, 0.3) is 0 Å². The Labute approximate surface area is 109 Å². The highest BCUT2D eigenvalue weighted by Gasteiger charge is 2.27. The summed E-state index contributed by atoms with van der Waals surface area (Å²) in [4.78, 5) is 0. The molecule has 4 nitrogen and oxygen atoms in total. The SMILES string of the molecule is CCNCc1ccc(NS(=O)(=O)CC2CC2)cc1. The van der Waals surface area contributed by atoms with Crippen molar-refractivity contribution in [2.75, 3.05) is 17.0 Å². The zero-order valence-electron chi connectivity index (χ0n) is 10.6. The fourth-order valence-corrected chi connectivity index (χ4v) is 3.31. The molecule has 1 aliphatic carbocycles. The summed E-state index contributed by atoms with van der Waals surface area (Å²) in [5.41, 5.74) is 1.80. The molecule has 1 saturated carbocycles. The fraction of sp³-hybridized carbons (Fsp3) is 0.538. The molecule has 2 rings (SSSR count). The monoisotopic (exact) mass is 268 g/mol. The van der Waals surface area contributed by atoms with Gasteiger partial charge in [0.2, 0.25) is 10.0 Å². The van der Waals surface area contributed by atoms with Crippen LogP contribution < -0.4 is 10.0 Å². The Morgan fingerprint density at radius 3 is 2.44 bits per heavy atom. The van der Waals surface area contributed by atoms with Crippen molar-refractivity contribution in [1.29, 1.82) is 0 Å². The molecule has 1 aromatic rings. The lowest BCUT2D eigenvalue weighted by Crippen LogP contribution is -2.18. The van der Waals surface area contributed by atoms with Gasteiger partial charge in [-0.3, -0.25) is 4.72 Å². The highest BCUT2D eigenvalue weighted by molar-refractivity contribution is 7.92. The molecule has 2 N–H and O–H groups in total. The molecular weight excluding hydrogens is 248 g/mol. The molecule has 0 amide bonds. The highest BCUT2D eigenvalue weighted by atomic mass is 32.2. The minimum absolute atomic E-state index is 0.256. The first-order valence-electron chi connectivity index (χ1n) is 6.39. The minimum Gasteiger partial charge on any atom is -0.313 e. The van der Waals surface area contributed by atoms with E-state index in [2.05, 4.69) is 17.0 Å². The molecule has 0 aliphatic heterocycles. The van der Waals surface area contributed by atoms with E-state index in [1.165, 1.54) is 0 Å². The zero-order valence-corrected chi connectivity index (χ0v) is 11.5. The molecular formula is C13H20N2O2S. The predicted molar refractivity (Wildman–Crippen MR) is 74.0 cm³/mol. The molecule has 0 saturated heterocycles. The molecule has 5 heteroatoms. The number of sulfonamides is 1. The maximum atomic E-state index is 11.8. The van der Waals surface area contributed by atoms with E-state index in [9.17, 15) is 8.42 Å². The Kier molecular flexibility index (Phi) is 4.24. The summed E-state index contributed by atoms with van der Waals surface area (Å²) >= 11 is 0. The number of rotatable bonds is 7. The van der Waals surface area contributed by atoms with Crippen LogP contribution in [0.2, 0.25) is 0 Å². The van der Waals surface area contributed by atoms with Gasteiger partial charge in [0.05, 0.1) is 5.75 Å². The van der Waals surface area contributed by atoms with Crippen LogP contribution in [-0.2, 0) is 16.6 Å². The lowest BCUT2D eigenvalue weighted by atomic mass is 10.2. The largest absolute Gasteiger partial charge is 0.313 e. The van der Waals surface area contributed by atoms with Crippen molar-refractivity contribution in [3.05, 3.63) is 29.8 Å². The number of benzene rings is 1. The van der Waals surface area contributed by atoms with Crippen LogP contribution in [-0.4, -0.2) is 20.7 Å². The molecule has 0 atom stereocenters. The first kappa shape index (κ1) is 13.4. The topological polar surface area (TPSA) is 58.2 Å². The van der Waals surface area contributed by atoms with Gasteiger partial charge in [-0.2, -0.15) is 0 Å². The van der Waals surface area contributed by atoms with Crippen LogP contribution in [0.15, 0.2) is 24.3 Å². The highest BCUT2D eigenvalue weighted by Crippen LogP contribution is 2.30. The summed E-state index contributed by atoms with van der Waals surface area (Å²) in [6.07, 6.45) is 2.09. The molecule has 1 aromatic carbocycles. The molecule has 0 bridgehead atoms. The number of hydrogen-bond donors (Lipinski definition) is 2. The van der Waals surface area contributed by atoms with Gasteiger partial charge in [-0.05, 0) is 43.0 Å². The maximum Gasteiger partial charge on any atom is 0.232 e. The Morgan fingerprint density at radius 1 is 1.22 bits per heavy atom. The van der Waals surface area contributed by atoms with Crippen LogP contribution in [0.4, 0.5) is 5.69 Å². The molecule has 18 heavy (non-hydrogen) atoms. The van der Waals surface area contributed by atoms with Gasteiger partial charge in [0.25, 0.3) is 0 Å². The van der Waals surface area contributed by atoms with Gasteiger partial charge in [-0.25, -0.2) is 8.42 Å². The third kappa shape index (κ3) is 4.31. The first-order valence-corrected chi connectivity index (χ1v) is 8.04. The van der Waals surface area contributed by atoms with E-state index in [1.807, 2.05) is 24.3 Å². The van der Waals surface area contributed by atoms with E-state index in [-0.39, 0.29) is 5.75 Å². The van der Waals surface area contributed by atoms with E-state index >= 15 is 0 Å². The molecule has 1 fully saturated rings. The summed E-state index contributed by atoms with van der Waals surface area (Å²) < 4.78 is 26.2. The average molecular weight is 268 g/mol. The lowest BCUT2D eigenvalue weighted by Gasteiger charge is -2.08. The predicted octanol–water partition coefficient (Wildman–Crippen LogP) is 1.95. The van der Waals surface area contributed by atoms with Gasteiger partial charge < -0.3 is 5.32 Å². The van der Waals surface area contributed by atoms with Crippen LogP contribution in [0, 0.1) is 5.92 Å². The van der Waals surface area contributed by atoms with Crippen molar-refractivity contribution in [3.63, 3.8) is 0 Å². The number of anilines is 1. The molecule has 100 valence electrons. The lowest BCUT2D eigenvalue weighted by molar-refractivity contribution is 0.597. The van der Waals surface area contributed by atoms with Gasteiger partial charge in [0.1, 0.15) is 0 Å². The Hall–Kier alpha value is -1.07. The van der Waals surface area contributed by atoms with Crippen LogP contribution in [0.3, 0.4) is 0 Å². The van der Waals surface area contributed by atoms with Crippen molar-refractivity contribution < 1.29 is 8.42 Å². The van der Waals surface area contributed by atoms with E-state index in [0.717, 1.165) is 31.5 Å². The third-order valence-corrected chi connectivity index (χ3v) is 4.42. The van der Waals surface area contributed by atoms with Crippen molar-refractivity contribution in [2.24, 2.45) is 5.92 Å². The Bertz CT molecular complexity index is 478. The summed E-state index contributed by atoms with van der Waals surface area (Å²) in [5, 5.41) is 3.23. The van der Waals surface area contributed by atoms with E-state index < -0.39 is 10.0 Å². The molecule has 1 aliphatic rings. The first-order chi connectivity index (χ1) is 8.59. The van der Waals surface area contributed by atoms with Crippen molar-refractivity contribution in [2.45, 2.75) is 26.3 Å². The molecule has 0 spiro atoms. The summed E-state index contributed by atoms with van der Waals surface area (Å²) in [5.74, 6) is 0.627. The fourth-order valence-electron chi connectivity index (χ4n) is 1.78. The smallest absolute Gasteiger partial charge is 0.232 e. The van der Waals surface area contributed by atoms with Crippen molar-refractivity contribution >= 4 is 15.7 Å². The van der Waals surface area contributed by atoms with E-state index in [4.69, 9.17) is 0 Å².